The lowest BCUT2D eigenvalue weighted by molar-refractivity contribution is -0.384. The van der Waals surface area contributed by atoms with Crippen LogP contribution in [0.15, 0.2) is 51.7 Å². The second kappa shape index (κ2) is 7.42. The van der Waals surface area contributed by atoms with Crippen LogP contribution in [0.1, 0.15) is 18.4 Å². The van der Waals surface area contributed by atoms with Gasteiger partial charge in [0.1, 0.15) is 12.3 Å². The number of amides is 1. The average molecular weight is 397 g/mol. The fourth-order valence-electron chi connectivity index (χ4n) is 3.28. The molecular weight excluding hydrogens is 378 g/mol. The van der Waals surface area contributed by atoms with Crippen LogP contribution in [0.25, 0.3) is 11.1 Å². The summed E-state index contributed by atoms with van der Waals surface area (Å²) in [4.78, 5) is 37.3. The van der Waals surface area contributed by atoms with Crippen molar-refractivity contribution in [2.24, 2.45) is 0 Å². The van der Waals surface area contributed by atoms with Gasteiger partial charge in [0.25, 0.3) is 5.69 Å². The van der Waals surface area contributed by atoms with Crippen LogP contribution in [0.4, 0.5) is 5.69 Å². The van der Waals surface area contributed by atoms with E-state index in [0.29, 0.717) is 12.1 Å². The molecule has 150 valence electrons. The van der Waals surface area contributed by atoms with E-state index in [0.717, 1.165) is 24.2 Å². The summed E-state index contributed by atoms with van der Waals surface area (Å²) in [5.41, 5.74) is 1.23. The molecule has 0 bridgehead atoms. The Bertz CT molecular complexity index is 1130. The summed E-state index contributed by atoms with van der Waals surface area (Å²) in [6.07, 6.45) is 1.85. The lowest BCUT2D eigenvalue weighted by atomic mass is 10.2. The maximum atomic E-state index is 13.0. The van der Waals surface area contributed by atoms with Gasteiger partial charge in [-0.1, -0.05) is 12.1 Å². The van der Waals surface area contributed by atoms with E-state index in [1.54, 1.807) is 12.0 Å². The average Bonchev–Trinajstić information content (AvgIpc) is 3.51. The number of oxazole rings is 1. The zero-order valence-electron chi connectivity index (χ0n) is 15.7. The quantitative estimate of drug-likeness (QED) is 0.448. The monoisotopic (exact) mass is 397 g/mol. The van der Waals surface area contributed by atoms with Gasteiger partial charge in [0.05, 0.1) is 23.6 Å². The van der Waals surface area contributed by atoms with Gasteiger partial charge in [-0.05, 0) is 36.6 Å². The highest BCUT2D eigenvalue weighted by Crippen LogP contribution is 2.29. The number of carbonyl (C=O) groups excluding carboxylic acids is 1. The van der Waals surface area contributed by atoms with Crippen molar-refractivity contribution >= 4 is 22.7 Å². The first kappa shape index (κ1) is 18.7. The highest BCUT2D eigenvalue weighted by Gasteiger charge is 2.33. The van der Waals surface area contributed by atoms with Crippen LogP contribution in [0.3, 0.4) is 0 Å². The van der Waals surface area contributed by atoms with Crippen molar-refractivity contribution in [2.75, 3.05) is 7.11 Å². The van der Waals surface area contributed by atoms with E-state index in [1.807, 2.05) is 24.3 Å². The van der Waals surface area contributed by atoms with Crippen LogP contribution < -0.4 is 10.5 Å². The first-order valence-corrected chi connectivity index (χ1v) is 9.16. The highest BCUT2D eigenvalue weighted by molar-refractivity contribution is 5.81. The number of ether oxygens (including phenoxy) is 1. The van der Waals surface area contributed by atoms with Crippen molar-refractivity contribution in [3.63, 3.8) is 0 Å². The molecule has 29 heavy (non-hydrogen) atoms. The molecule has 1 amide bonds. The number of aromatic nitrogens is 1. The molecule has 1 fully saturated rings. The molecule has 0 spiro atoms. The Hall–Kier alpha value is -3.62. The molecule has 9 nitrogen and oxygen atoms in total. The van der Waals surface area contributed by atoms with Crippen molar-refractivity contribution in [1.82, 2.24) is 9.47 Å². The van der Waals surface area contributed by atoms with Gasteiger partial charge in [-0.3, -0.25) is 19.5 Å². The molecule has 4 rings (SSSR count). The Morgan fingerprint density at radius 3 is 2.62 bits per heavy atom. The molecule has 0 saturated heterocycles. The number of nitro benzene ring substituents is 1. The van der Waals surface area contributed by atoms with Gasteiger partial charge in [-0.25, -0.2) is 4.79 Å². The summed E-state index contributed by atoms with van der Waals surface area (Å²) in [5.74, 6) is -0.177. The summed E-state index contributed by atoms with van der Waals surface area (Å²) in [5, 5.41) is 10.9. The highest BCUT2D eigenvalue weighted by atomic mass is 16.6. The predicted molar refractivity (Wildman–Crippen MR) is 104 cm³/mol. The number of hydrogen-bond donors (Lipinski definition) is 0. The Labute approximate surface area is 165 Å². The van der Waals surface area contributed by atoms with Crippen molar-refractivity contribution in [3.05, 3.63) is 68.7 Å². The summed E-state index contributed by atoms with van der Waals surface area (Å²) in [6.45, 7) is 0.250. The Balaban J connectivity index is 1.57. The van der Waals surface area contributed by atoms with E-state index in [-0.39, 0.29) is 29.8 Å². The van der Waals surface area contributed by atoms with Crippen LogP contribution in [-0.4, -0.2) is 33.4 Å². The van der Waals surface area contributed by atoms with Crippen molar-refractivity contribution in [1.29, 1.82) is 0 Å². The lowest BCUT2D eigenvalue weighted by Crippen LogP contribution is -2.36. The fraction of sp³-hybridized carbons (Fsp3) is 0.300. The van der Waals surface area contributed by atoms with Crippen LogP contribution in [0.5, 0.6) is 5.75 Å². The third kappa shape index (κ3) is 3.84. The van der Waals surface area contributed by atoms with Gasteiger partial charge >= 0.3 is 5.76 Å². The minimum absolute atomic E-state index is 0.0881. The predicted octanol–water partition coefficient (Wildman–Crippen LogP) is 2.70. The van der Waals surface area contributed by atoms with Crippen LogP contribution in [0.2, 0.25) is 0 Å². The third-order valence-corrected chi connectivity index (χ3v) is 4.98. The first-order chi connectivity index (χ1) is 14.0. The van der Waals surface area contributed by atoms with Gasteiger partial charge < -0.3 is 14.1 Å². The van der Waals surface area contributed by atoms with Gasteiger partial charge in [-0.15, -0.1) is 0 Å². The second-order valence-corrected chi connectivity index (χ2v) is 6.96. The molecule has 0 unspecified atom stereocenters. The maximum Gasteiger partial charge on any atom is 0.420 e. The standard InChI is InChI=1S/C20H19N3O6/c1-28-16-7-2-13(3-8-16)11-21(14-4-5-14)19(24)12-22-17-9-6-15(23(26)27)10-18(17)29-20(22)25/h2-3,6-10,14H,4-5,11-12H2,1H3. The lowest BCUT2D eigenvalue weighted by Gasteiger charge is -2.23. The van der Waals surface area contributed by atoms with Crippen molar-refractivity contribution < 1.29 is 18.9 Å². The first-order valence-electron chi connectivity index (χ1n) is 9.16. The number of nitro groups is 1. The molecule has 0 atom stereocenters. The molecule has 1 aliphatic rings. The Kier molecular flexibility index (Phi) is 4.79. The normalized spacial score (nSPS) is 13.4. The van der Waals surface area contributed by atoms with E-state index in [1.165, 1.54) is 22.8 Å². The number of benzene rings is 2. The summed E-state index contributed by atoms with van der Waals surface area (Å²) >= 11 is 0. The summed E-state index contributed by atoms with van der Waals surface area (Å²) < 4.78 is 11.5. The van der Waals surface area contributed by atoms with E-state index >= 15 is 0 Å². The molecule has 2 aromatic carbocycles. The molecule has 1 aromatic heterocycles. The summed E-state index contributed by atoms with van der Waals surface area (Å²) in [6, 6.07) is 11.5. The number of carbonyl (C=O) groups is 1. The third-order valence-electron chi connectivity index (χ3n) is 4.98. The topological polar surface area (TPSA) is 108 Å². The maximum absolute atomic E-state index is 13.0. The van der Waals surface area contributed by atoms with Crippen LogP contribution in [-0.2, 0) is 17.9 Å². The van der Waals surface area contributed by atoms with Gasteiger partial charge in [0.2, 0.25) is 5.91 Å². The molecular formula is C20H19N3O6. The van der Waals surface area contributed by atoms with Gasteiger partial charge in [0.15, 0.2) is 5.58 Å². The molecule has 0 N–H and O–H groups in total. The molecule has 1 aliphatic carbocycles. The minimum Gasteiger partial charge on any atom is -0.497 e. The number of non-ortho nitro benzene ring substituents is 1. The molecule has 0 radical (unpaired) electrons. The number of methoxy groups -OCH3 is 1. The Morgan fingerprint density at radius 1 is 1.28 bits per heavy atom. The largest absolute Gasteiger partial charge is 0.497 e. The summed E-state index contributed by atoms with van der Waals surface area (Å²) in [7, 11) is 1.59. The molecule has 1 heterocycles. The molecule has 1 saturated carbocycles. The number of hydrogen-bond acceptors (Lipinski definition) is 6. The molecule has 9 heteroatoms. The van der Waals surface area contributed by atoms with Gasteiger partial charge in [-0.2, -0.15) is 0 Å². The fourth-order valence-corrected chi connectivity index (χ4v) is 3.28. The zero-order chi connectivity index (χ0) is 20.5. The smallest absolute Gasteiger partial charge is 0.420 e. The molecule has 0 aliphatic heterocycles. The molecule has 3 aromatic rings. The number of fused-ring (bicyclic) bond motifs is 1. The minimum atomic E-state index is -0.714. The van der Waals surface area contributed by atoms with E-state index in [9.17, 15) is 19.7 Å². The van der Waals surface area contributed by atoms with Crippen molar-refractivity contribution in [3.8, 4) is 5.75 Å². The van der Waals surface area contributed by atoms with E-state index < -0.39 is 10.7 Å². The van der Waals surface area contributed by atoms with E-state index in [2.05, 4.69) is 0 Å². The van der Waals surface area contributed by atoms with Gasteiger partial charge in [0, 0.05) is 18.7 Å². The SMILES string of the molecule is COc1ccc(CN(C(=O)Cn2c(=O)oc3cc([N+](=O)[O-])ccc32)C2CC2)cc1. The van der Waals surface area contributed by atoms with E-state index in [4.69, 9.17) is 9.15 Å². The van der Waals surface area contributed by atoms with Crippen LogP contribution >= 0.6 is 0 Å². The second-order valence-electron chi connectivity index (χ2n) is 6.96. The van der Waals surface area contributed by atoms with Crippen molar-refractivity contribution in [2.45, 2.75) is 32.0 Å². The zero-order valence-corrected chi connectivity index (χ0v) is 15.7. The van der Waals surface area contributed by atoms with Crippen LogP contribution in [0, 0.1) is 10.1 Å². The number of nitrogens with zero attached hydrogens (tertiary/aromatic N) is 3. The number of rotatable bonds is 7. The Morgan fingerprint density at radius 2 is 2.00 bits per heavy atom.